The maximum Gasteiger partial charge on any atom is 0.419 e. The third-order valence-corrected chi connectivity index (χ3v) is 6.87. The molecule has 0 spiro atoms. The van der Waals surface area contributed by atoms with Crippen LogP contribution in [-0.4, -0.2) is 18.0 Å². The van der Waals surface area contributed by atoms with Gasteiger partial charge in [0, 0.05) is 25.0 Å². The van der Waals surface area contributed by atoms with Crippen molar-refractivity contribution in [3.8, 4) is 0 Å². The van der Waals surface area contributed by atoms with Crippen molar-refractivity contribution in [1.82, 2.24) is 14.3 Å². The highest BCUT2D eigenvalue weighted by atomic mass is 32.2. The molecule has 0 saturated carbocycles. The molecule has 9 heteroatoms. The van der Waals surface area contributed by atoms with Crippen molar-refractivity contribution in [2.75, 3.05) is 0 Å². The van der Waals surface area contributed by atoms with Crippen LogP contribution < -0.4 is 10.5 Å². The monoisotopic (exact) mass is 429 g/mol. The lowest BCUT2D eigenvalue weighted by Gasteiger charge is -2.18. The molecule has 150 valence electrons. The quantitative estimate of drug-likeness (QED) is 0.486. The number of rotatable bonds is 7. The zero-order chi connectivity index (χ0) is 20.4. The molecule has 29 heavy (non-hydrogen) atoms. The average molecular weight is 430 g/mol. The molecule has 0 unspecified atom stereocenters. The van der Waals surface area contributed by atoms with Crippen LogP contribution in [0.2, 0.25) is 0 Å². The molecule has 0 fully saturated rings. The van der Waals surface area contributed by atoms with Gasteiger partial charge in [-0.15, -0.1) is 0 Å². The highest BCUT2D eigenvalue weighted by Crippen LogP contribution is 2.24. The highest BCUT2D eigenvalue weighted by molar-refractivity contribution is 7.89. The number of hydrogen-bond donors (Lipinski definition) is 1. The lowest BCUT2D eigenvalue weighted by atomic mass is 10.0. The molecule has 3 aromatic heterocycles. The summed E-state index contributed by atoms with van der Waals surface area (Å²) in [5.41, 5.74) is 2.62. The molecule has 1 aromatic carbocycles. The molecule has 0 amide bonds. The molecule has 3 heterocycles. The summed E-state index contributed by atoms with van der Waals surface area (Å²) in [5, 5.41) is 3.95. The first kappa shape index (κ1) is 19.6. The normalized spacial score (nSPS) is 13.0. The number of oxazole rings is 1. The van der Waals surface area contributed by atoms with E-state index in [1.165, 1.54) is 16.7 Å². The number of nitrogens with one attached hydrogen (secondary N) is 1. The molecular weight excluding hydrogens is 410 g/mol. The Kier molecular flexibility index (Phi) is 5.35. The Hall–Kier alpha value is -2.75. The summed E-state index contributed by atoms with van der Waals surface area (Å²) in [6.07, 6.45) is 3.80. The van der Waals surface area contributed by atoms with E-state index in [1.54, 1.807) is 35.9 Å². The number of fused-ring (bicyclic) bond motifs is 1. The standard InChI is InChI=1S/C20H19N3O4S2/c1-2-23-18-6-5-16(11-19(18)27-20(23)24)29(25,26)22-17(10-14-7-9-28-13-14)15-4-3-8-21-12-15/h3-9,11-13,17,22H,2,10H2,1H3/t17-/m1/s1. The van der Waals surface area contributed by atoms with Crippen molar-refractivity contribution >= 4 is 32.5 Å². The maximum atomic E-state index is 13.1. The number of benzene rings is 1. The van der Waals surface area contributed by atoms with Crippen LogP contribution >= 0.6 is 11.3 Å². The van der Waals surface area contributed by atoms with Gasteiger partial charge in [-0.3, -0.25) is 9.55 Å². The first-order valence-electron chi connectivity index (χ1n) is 9.04. The van der Waals surface area contributed by atoms with Crippen molar-refractivity contribution < 1.29 is 12.8 Å². The molecule has 4 rings (SSSR count). The van der Waals surface area contributed by atoms with E-state index in [-0.39, 0.29) is 10.5 Å². The third kappa shape index (κ3) is 4.02. The lowest BCUT2D eigenvalue weighted by molar-refractivity contribution is 0.512. The van der Waals surface area contributed by atoms with Gasteiger partial charge >= 0.3 is 5.76 Å². The SMILES string of the molecule is CCn1c(=O)oc2cc(S(=O)(=O)N[C@H](Cc3ccsc3)c3cccnc3)ccc21. The second-order valence-electron chi connectivity index (χ2n) is 6.54. The molecule has 0 aliphatic heterocycles. The van der Waals surface area contributed by atoms with E-state index in [0.717, 1.165) is 11.1 Å². The summed E-state index contributed by atoms with van der Waals surface area (Å²) >= 11 is 1.56. The lowest BCUT2D eigenvalue weighted by Crippen LogP contribution is -2.30. The number of nitrogens with zero attached hydrogens (tertiary/aromatic N) is 2. The molecule has 1 atom stereocenters. The zero-order valence-electron chi connectivity index (χ0n) is 15.6. The average Bonchev–Trinajstić information content (AvgIpc) is 3.33. The van der Waals surface area contributed by atoms with Gasteiger partial charge in [-0.05, 0) is 59.5 Å². The fraction of sp³-hybridized carbons (Fsp3) is 0.200. The van der Waals surface area contributed by atoms with Crippen LogP contribution in [0.25, 0.3) is 11.1 Å². The predicted molar refractivity (Wildman–Crippen MR) is 111 cm³/mol. The van der Waals surface area contributed by atoms with E-state index >= 15 is 0 Å². The van der Waals surface area contributed by atoms with E-state index in [9.17, 15) is 13.2 Å². The summed E-state index contributed by atoms with van der Waals surface area (Å²) < 4.78 is 35.6. The van der Waals surface area contributed by atoms with Gasteiger partial charge in [0.2, 0.25) is 10.0 Å². The Labute approximate surface area is 171 Å². The topological polar surface area (TPSA) is 94.2 Å². The van der Waals surface area contributed by atoms with Crippen molar-refractivity contribution in [2.45, 2.75) is 30.8 Å². The molecular formula is C20H19N3O4S2. The molecule has 0 aliphatic rings. The molecule has 0 aliphatic carbocycles. The van der Waals surface area contributed by atoms with Crippen LogP contribution in [0.15, 0.2) is 73.7 Å². The van der Waals surface area contributed by atoms with Gasteiger partial charge in [0.15, 0.2) is 5.58 Å². The van der Waals surface area contributed by atoms with Crippen molar-refractivity contribution in [3.05, 3.63) is 81.2 Å². The molecule has 7 nitrogen and oxygen atoms in total. The molecule has 0 saturated heterocycles. The minimum Gasteiger partial charge on any atom is -0.408 e. The molecule has 0 radical (unpaired) electrons. The fourth-order valence-electron chi connectivity index (χ4n) is 3.22. The fourth-order valence-corrected chi connectivity index (χ4v) is 5.14. The van der Waals surface area contributed by atoms with Crippen LogP contribution in [0.3, 0.4) is 0 Å². The van der Waals surface area contributed by atoms with E-state index < -0.39 is 21.8 Å². The summed E-state index contributed by atoms with van der Waals surface area (Å²) in [4.78, 5) is 16.1. The van der Waals surface area contributed by atoms with Crippen molar-refractivity contribution in [3.63, 3.8) is 0 Å². The molecule has 1 N–H and O–H groups in total. The number of pyridine rings is 1. The smallest absolute Gasteiger partial charge is 0.408 e. The molecule has 0 bridgehead atoms. The second-order valence-corrected chi connectivity index (χ2v) is 9.03. The van der Waals surface area contributed by atoms with Crippen LogP contribution in [0.5, 0.6) is 0 Å². The first-order valence-corrected chi connectivity index (χ1v) is 11.5. The van der Waals surface area contributed by atoms with Crippen molar-refractivity contribution in [1.29, 1.82) is 0 Å². The van der Waals surface area contributed by atoms with Crippen molar-refractivity contribution in [2.24, 2.45) is 0 Å². The highest BCUT2D eigenvalue weighted by Gasteiger charge is 2.23. The number of sulfonamides is 1. The maximum absolute atomic E-state index is 13.1. The minimum absolute atomic E-state index is 0.0428. The number of hydrogen-bond acceptors (Lipinski definition) is 6. The number of thiophene rings is 1. The first-order chi connectivity index (χ1) is 14.0. The van der Waals surface area contributed by atoms with Crippen LogP contribution in [0.1, 0.15) is 24.1 Å². The Bertz CT molecular complexity index is 1280. The Balaban J connectivity index is 1.69. The second kappa shape index (κ2) is 7.94. The Morgan fingerprint density at radius 2 is 2.14 bits per heavy atom. The summed E-state index contributed by atoms with van der Waals surface area (Å²) in [5.74, 6) is -0.504. The van der Waals surface area contributed by atoms with Crippen LogP contribution in [-0.2, 0) is 23.0 Å². The van der Waals surface area contributed by atoms with E-state index in [2.05, 4.69) is 9.71 Å². The van der Waals surface area contributed by atoms with Gasteiger partial charge in [-0.2, -0.15) is 11.3 Å². The molecule has 4 aromatic rings. The van der Waals surface area contributed by atoms with Gasteiger partial charge in [0.1, 0.15) is 0 Å². The summed E-state index contributed by atoms with van der Waals surface area (Å²) in [6.45, 7) is 2.27. The number of aromatic nitrogens is 2. The predicted octanol–water partition coefficient (Wildman–Crippen LogP) is 3.33. The van der Waals surface area contributed by atoms with E-state index in [1.807, 2.05) is 29.8 Å². The van der Waals surface area contributed by atoms with E-state index in [0.29, 0.717) is 18.5 Å². The third-order valence-electron chi connectivity index (χ3n) is 4.67. The minimum atomic E-state index is -3.86. The van der Waals surface area contributed by atoms with Gasteiger partial charge < -0.3 is 4.42 Å². The summed E-state index contributed by atoms with van der Waals surface area (Å²) in [6, 6.07) is 9.57. The Morgan fingerprint density at radius 1 is 1.28 bits per heavy atom. The van der Waals surface area contributed by atoms with Gasteiger partial charge in [-0.25, -0.2) is 17.9 Å². The Morgan fingerprint density at radius 3 is 2.83 bits per heavy atom. The van der Waals surface area contributed by atoms with Crippen LogP contribution in [0, 0.1) is 0 Å². The number of aryl methyl sites for hydroxylation is 1. The largest absolute Gasteiger partial charge is 0.419 e. The van der Waals surface area contributed by atoms with E-state index in [4.69, 9.17) is 4.42 Å². The van der Waals surface area contributed by atoms with Gasteiger partial charge in [-0.1, -0.05) is 6.07 Å². The van der Waals surface area contributed by atoms with Crippen LogP contribution in [0.4, 0.5) is 0 Å². The zero-order valence-corrected chi connectivity index (χ0v) is 17.2. The summed E-state index contributed by atoms with van der Waals surface area (Å²) in [7, 11) is -3.86. The van der Waals surface area contributed by atoms with Gasteiger partial charge in [0.25, 0.3) is 0 Å². The van der Waals surface area contributed by atoms with Gasteiger partial charge in [0.05, 0.1) is 16.5 Å².